The van der Waals surface area contributed by atoms with Gasteiger partial charge >= 0.3 is 5.97 Å². The van der Waals surface area contributed by atoms with Gasteiger partial charge in [0, 0.05) is 0 Å². The van der Waals surface area contributed by atoms with Crippen molar-refractivity contribution in [2.24, 2.45) is 5.73 Å². The third-order valence-electron chi connectivity index (χ3n) is 4.02. The van der Waals surface area contributed by atoms with Crippen LogP contribution in [0.3, 0.4) is 0 Å². The molecule has 3 aromatic carbocycles. The number of hydrogen-bond donors (Lipinski definition) is 2. The Morgan fingerprint density at radius 3 is 1.70 bits per heavy atom. The average molecular weight is 428 g/mol. The maximum atomic E-state index is 11.8. The van der Waals surface area contributed by atoms with Crippen LogP contribution >= 0.6 is 0 Å². The first-order chi connectivity index (χ1) is 14.3. The monoisotopic (exact) mass is 427 g/mol. The molecule has 0 amide bonds. The van der Waals surface area contributed by atoms with E-state index in [1.165, 1.54) is 0 Å². The fourth-order valence-corrected chi connectivity index (χ4v) is 3.19. The summed E-state index contributed by atoms with van der Waals surface area (Å²) in [6.45, 7) is 0.266. The summed E-state index contributed by atoms with van der Waals surface area (Å²) in [5.41, 5.74) is 8.43. The molecule has 0 aliphatic carbocycles. The summed E-state index contributed by atoms with van der Waals surface area (Å²) in [4.78, 5) is 11.8. The van der Waals surface area contributed by atoms with Crippen molar-refractivity contribution in [3.8, 4) is 0 Å². The molecule has 0 saturated heterocycles. The van der Waals surface area contributed by atoms with Crippen LogP contribution in [0.1, 0.15) is 16.7 Å². The molecule has 158 valence electrons. The van der Waals surface area contributed by atoms with Gasteiger partial charge in [-0.1, -0.05) is 91.0 Å². The normalized spacial score (nSPS) is 11.7. The van der Waals surface area contributed by atoms with Crippen molar-refractivity contribution in [2.45, 2.75) is 24.8 Å². The third kappa shape index (κ3) is 9.47. The molecule has 3 aromatic rings. The molecular weight excluding hydrogens is 402 g/mol. The van der Waals surface area contributed by atoms with Crippen LogP contribution in [0.25, 0.3) is 0 Å². The zero-order valence-corrected chi connectivity index (χ0v) is 17.2. The van der Waals surface area contributed by atoms with Crippen LogP contribution < -0.4 is 5.73 Å². The van der Waals surface area contributed by atoms with E-state index in [2.05, 4.69) is 0 Å². The first kappa shape index (κ1) is 23.3. The van der Waals surface area contributed by atoms with E-state index in [-0.39, 0.29) is 18.3 Å². The molecule has 0 radical (unpaired) electrons. The number of benzene rings is 3. The van der Waals surface area contributed by atoms with Crippen LogP contribution in [0, 0.1) is 0 Å². The van der Waals surface area contributed by atoms with Crippen molar-refractivity contribution in [1.82, 2.24) is 0 Å². The first-order valence-corrected chi connectivity index (χ1v) is 10.9. The number of ether oxygens (including phenoxy) is 1. The summed E-state index contributed by atoms with van der Waals surface area (Å²) in [5, 5.41) is 0. The Morgan fingerprint density at radius 2 is 1.23 bits per heavy atom. The Balaban J connectivity index is 0.000000248. The Hall–Kier alpha value is -3.00. The van der Waals surface area contributed by atoms with E-state index in [4.69, 9.17) is 15.0 Å². The van der Waals surface area contributed by atoms with Gasteiger partial charge < -0.3 is 10.5 Å². The topological polar surface area (TPSA) is 107 Å². The van der Waals surface area contributed by atoms with Crippen LogP contribution in [0.15, 0.2) is 91.0 Å². The van der Waals surface area contributed by atoms with Crippen molar-refractivity contribution in [1.29, 1.82) is 0 Å². The minimum atomic E-state index is -3.88. The molecule has 0 aromatic heterocycles. The molecule has 0 bridgehead atoms. The van der Waals surface area contributed by atoms with Gasteiger partial charge in [-0.3, -0.25) is 9.35 Å². The van der Waals surface area contributed by atoms with Crippen LogP contribution in [0.2, 0.25) is 0 Å². The maximum Gasteiger partial charge on any atom is 0.323 e. The van der Waals surface area contributed by atoms with Crippen LogP contribution in [0.4, 0.5) is 0 Å². The standard InChI is InChI=1S/C16H17NO2.C7H8O3S/c17-15(11-13-7-3-1-4-8-13)16(18)19-12-14-9-5-2-6-10-14;8-11(9,10)6-7-4-2-1-3-5-7/h1-10,15H,11-12,17H2;1-5H,6H2,(H,8,9,10)/t15-;/m0./s1. The lowest BCUT2D eigenvalue weighted by atomic mass is 10.1. The molecule has 30 heavy (non-hydrogen) atoms. The van der Waals surface area contributed by atoms with Crippen molar-refractivity contribution >= 4 is 16.1 Å². The Labute approximate surface area is 177 Å². The van der Waals surface area contributed by atoms with Gasteiger partial charge in [0.2, 0.25) is 0 Å². The van der Waals surface area contributed by atoms with Crippen LogP contribution in [0.5, 0.6) is 0 Å². The van der Waals surface area contributed by atoms with Gasteiger partial charge in [0.25, 0.3) is 10.1 Å². The van der Waals surface area contributed by atoms with E-state index in [0.29, 0.717) is 12.0 Å². The highest BCUT2D eigenvalue weighted by molar-refractivity contribution is 7.85. The summed E-state index contributed by atoms with van der Waals surface area (Å²) in [6.07, 6.45) is 0.495. The lowest BCUT2D eigenvalue weighted by Gasteiger charge is -2.11. The summed E-state index contributed by atoms with van der Waals surface area (Å²) >= 11 is 0. The van der Waals surface area contributed by atoms with E-state index in [0.717, 1.165) is 11.1 Å². The molecule has 0 heterocycles. The zero-order chi connectivity index (χ0) is 21.8. The van der Waals surface area contributed by atoms with Crippen molar-refractivity contribution < 1.29 is 22.5 Å². The molecule has 1 atom stereocenters. The lowest BCUT2D eigenvalue weighted by Crippen LogP contribution is -2.34. The molecule has 3 rings (SSSR count). The second kappa shape index (κ2) is 11.9. The number of carbonyl (C=O) groups excluding carboxylic acids is 1. The third-order valence-corrected chi connectivity index (χ3v) is 4.72. The quantitative estimate of drug-likeness (QED) is 0.442. The van der Waals surface area contributed by atoms with Gasteiger partial charge in [0.1, 0.15) is 18.4 Å². The fourth-order valence-electron chi connectivity index (χ4n) is 2.57. The van der Waals surface area contributed by atoms with Gasteiger partial charge in [0.05, 0.1) is 0 Å². The molecule has 3 N–H and O–H groups in total. The first-order valence-electron chi connectivity index (χ1n) is 9.32. The largest absolute Gasteiger partial charge is 0.460 e. The van der Waals surface area contributed by atoms with Crippen molar-refractivity contribution in [3.63, 3.8) is 0 Å². The smallest absolute Gasteiger partial charge is 0.323 e. The SMILES string of the molecule is N[C@@H](Cc1ccccc1)C(=O)OCc1ccccc1.O=S(=O)(O)Cc1ccccc1. The summed E-state index contributed by atoms with van der Waals surface area (Å²) in [6, 6.07) is 27.2. The second-order valence-corrected chi connectivity index (χ2v) is 8.05. The summed E-state index contributed by atoms with van der Waals surface area (Å²) in [5.74, 6) is -0.680. The predicted molar refractivity (Wildman–Crippen MR) is 116 cm³/mol. The highest BCUT2D eigenvalue weighted by Crippen LogP contribution is 2.06. The average Bonchev–Trinajstić information content (AvgIpc) is 2.73. The Kier molecular flexibility index (Phi) is 9.21. The van der Waals surface area contributed by atoms with Crippen molar-refractivity contribution in [3.05, 3.63) is 108 Å². The Morgan fingerprint density at radius 1 is 0.800 bits per heavy atom. The van der Waals surface area contributed by atoms with Gasteiger partial charge in [-0.25, -0.2) is 0 Å². The van der Waals surface area contributed by atoms with E-state index in [1.54, 1.807) is 30.3 Å². The van der Waals surface area contributed by atoms with Gasteiger partial charge in [-0.15, -0.1) is 0 Å². The van der Waals surface area contributed by atoms with Crippen molar-refractivity contribution in [2.75, 3.05) is 0 Å². The van der Waals surface area contributed by atoms with E-state index >= 15 is 0 Å². The number of nitrogens with two attached hydrogens (primary N) is 1. The molecular formula is C23H25NO5S. The zero-order valence-electron chi connectivity index (χ0n) is 16.4. The van der Waals surface area contributed by atoms with E-state index < -0.39 is 16.2 Å². The van der Waals surface area contributed by atoms with E-state index in [1.807, 2.05) is 60.7 Å². The van der Waals surface area contributed by atoms with Gasteiger partial charge in [-0.2, -0.15) is 8.42 Å². The molecule has 7 heteroatoms. The highest BCUT2D eigenvalue weighted by atomic mass is 32.2. The molecule has 0 saturated carbocycles. The molecule has 0 spiro atoms. The number of rotatable bonds is 7. The van der Waals surface area contributed by atoms with Gasteiger partial charge in [-0.05, 0) is 23.1 Å². The minimum Gasteiger partial charge on any atom is -0.460 e. The molecule has 0 aliphatic heterocycles. The van der Waals surface area contributed by atoms with Crippen LogP contribution in [-0.2, 0) is 38.4 Å². The highest BCUT2D eigenvalue weighted by Gasteiger charge is 2.15. The molecule has 0 aliphatic rings. The summed E-state index contributed by atoms with van der Waals surface area (Å²) in [7, 11) is -3.88. The molecule has 0 unspecified atom stereocenters. The second-order valence-electron chi connectivity index (χ2n) is 6.60. The molecule has 0 fully saturated rings. The number of hydrogen-bond acceptors (Lipinski definition) is 5. The fraction of sp³-hybridized carbons (Fsp3) is 0.174. The summed E-state index contributed by atoms with van der Waals surface area (Å²) < 4.78 is 34.4. The number of esters is 1. The van der Waals surface area contributed by atoms with Crippen LogP contribution in [-0.4, -0.2) is 25.0 Å². The van der Waals surface area contributed by atoms with Gasteiger partial charge in [0.15, 0.2) is 0 Å². The number of carbonyl (C=O) groups is 1. The predicted octanol–water partition coefficient (Wildman–Crippen LogP) is 3.37. The minimum absolute atomic E-state index is 0.266. The Bertz CT molecular complexity index is 994. The lowest BCUT2D eigenvalue weighted by molar-refractivity contribution is -0.146. The maximum absolute atomic E-state index is 11.8. The van der Waals surface area contributed by atoms with E-state index in [9.17, 15) is 13.2 Å². The molecule has 6 nitrogen and oxygen atoms in total.